The summed E-state index contributed by atoms with van der Waals surface area (Å²) in [6.07, 6.45) is 0.559. The molecule has 1 aromatic heterocycles. The number of fused-ring (bicyclic) bond motifs is 1. The molecule has 0 spiro atoms. The number of carbonyl (C=O) groups excluding carboxylic acids is 3. The summed E-state index contributed by atoms with van der Waals surface area (Å²) < 4.78 is 5.73. The zero-order chi connectivity index (χ0) is 31.8. The second-order valence-electron chi connectivity index (χ2n) is 11.2. The van der Waals surface area contributed by atoms with Gasteiger partial charge in [0.15, 0.2) is 11.5 Å². The number of aryl methyl sites for hydroxylation is 1. The van der Waals surface area contributed by atoms with Gasteiger partial charge in [-0.05, 0) is 55.4 Å². The van der Waals surface area contributed by atoms with Crippen LogP contribution in [0.3, 0.4) is 0 Å². The van der Waals surface area contributed by atoms with Gasteiger partial charge >= 0.3 is 0 Å². The number of nitrogens with one attached hydrogen (secondary N) is 1. The van der Waals surface area contributed by atoms with E-state index in [0.717, 1.165) is 11.1 Å². The maximum absolute atomic E-state index is 14.1. The molecule has 6 N–H and O–H groups in total. The van der Waals surface area contributed by atoms with E-state index in [-0.39, 0.29) is 43.7 Å². The number of likely N-dealkylation sites (tertiary alicyclic amines) is 1. The van der Waals surface area contributed by atoms with Crippen LogP contribution in [0.4, 0.5) is 0 Å². The number of nitrogens with two attached hydrogens (primary N) is 2. The Hall–Kier alpha value is -5.03. The molecule has 2 amide bonds. The van der Waals surface area contributed by atoms with Crippen molar-refractivity contribution in [3.63, 3.8) is 0 Å². The quantitative estimate of drug-likeness (QED) is 0.0773. The van der Waals surface area contributed by atoms with Crippen LogP contribution in [0.15, 0.2) is 94.3 Å². The van der Waals surface area contributed by atoms with E-state index in [0.29, 0.717) is 30.4 Å². The Labute approximate surface area is 261 Å². The molecule has 1 fully saturated rings. The Morgan fingerprint density at radius 3 is 2.38 bits per heavy atom. The summed E-state index contributed by atoms with van der Waals surface area (Å²) >= 11 is 0. The number of aliphatic hydroxyl groups is 1. The topological polar surface area (TPSA) is 177 Å². The van der Waals surface area contributed by atoms with E-state index in [1.165, 1.54) is 4.90 Å². The van der Waals surface area contributed by atoms with E-state index in [1.54, 1.807) is 24.3 Å². The van der Waals surface area contributed by atoms with Crippen LogP contribution < -0.4 is 16.8 Å². The summed E-state index contributed by atoms with van der Waals surface area (Å²) in [6.45, 7) is 0.539. The molecule has 4 atom stereocenters. The lowest BCUT2D eigenvalue weighted by atomic mass is 9.90. The molecule has 1 aliphatic heterocycles. The summed E-state index contributed by atoms with van der Waals surface area (Å²) in [5.41, 5.74) is 13.8. The van der Waals surface area contributed by atoms with Crippen molar-refractivity contribution < 1.29 is 23.9 Å². The largest absolute Gasteiger partial charge is 0.434 e. The zero-order valence-electron chi connectivity index (χ0n) is 24.9. The van der Waals surface area contributed by atoms with Crippen molar-refractivity contribution in [3.8, 4) is 0 Å². The van der Waals surface area contributed by atoms with Gasteiger partial charge in [-0.25, -0.2) is 4.98 Å². The number of Topliss-reactive ketones (excluding diaryl/α,β-unsaturated/α-hetero) is 1. The van der Waals surface area contributed by atoms with Crippen molar-refractivity contribution in [3.05, 3.63) is 102 Å². The minimum Gasteiger partial charge on any atom is -0.434 e. The highest BCUT2D eigenvalue weighted by molar-refractivity contribution is 6.01. The van der Waals surface area contributed by atoms with Gasteiger partial charge in [0.1, 0.15) is 17.7 Å². The molecule has 5 rings (SSSR count). The number of para-hydroxylation sites is 2. The number of hydrogen-bond donors (Lipinski definition) is 4. The molecule has 0 bridgehead atoms. The minimum absolute atomic E-state index is 0.0718. The van der Waals surface area contributed by atoms with Gasteiger partial charge in [0.05, 0.1) is 6.04 Å². The number of hydrogen-bond acceptors (Lipinski definition) is 7. The summed E-state index contributed by atoms with van der Waals surface area (Å²) in [6, 6.07) is 24.1. The number of nitrogens with zero attached hydrogens (tertiary/aromatic N) is 3. The molecule has 0 unspecified atom stereocenters. The third kappa shape index (κ3) is 7.74. The van der Waals surface area contributed by atoms with E-state index in [1.807, 2.05) is 60.7 Å². The monoisotopic (exact) mass is 610 g/mol. The summed E-state index contributed by atoms with van der Waals surface area (Å²) in [4.78, 5) is 51.3. The molecule has 0 saturated carbocycles. The maximum atomic E-state index is 14.1. The Balaban J connectivity index is 1.38. The van der Waals surface area contributed by atoms with E-state index in [9.17, 15) is 19.5 Å². The highest BCUT2D eigenvalue weighted by atomic mass is 16.4. The van der Waals surface area contributed by atoms with Crippen LogP contribution >= 0.6 is 0 Å². The predicted octanol–water partition coefficient (Wildman–Crippen LogP) is 2.93. The van der Waals surface area contributed by atoms with Crippen LogP contribution in [0.1, 0.15) is 53.4 Å². The molecule has 4 aromatic rings. The third-order valence-electron chi connectivity index (χ3n) is 8.09. The summed E-state index contributed by atoms with van der Waals surface area (Å²) in [5, 5.41) is 13.8. The molecule has 3 aromatic carbocycles. The van der Waals surface area contributed by atoms with Crippen molar-refractivity contribution in [2.24, 2.45) is 16.5 Å². The summed E-state index contributed by atoms with van der Waals surface area (Å²) in [5.74, 6) is -2.05. The van der Waals surface area contributed by atoms with Crippen molar-refractivity contribution in [2.45, 2.75) is 56.2 Å². The first kappa shape index (κ1) is 31.4. The number of benzene rings is 3. The second kappa shape index (κ2) is 14.6. The van der Waals surface area contributed by atoms with Crippen LogP contribution in [-0.2, 0) is 16.0 Å². The van der Waals surface area contributed by atoms with Gasteiger partial charge < -0.3 is 31.2 Å². The van der Waals surface area contributed by atoms with Crippen LogP contribution in [-0.4, -0.2) is 69.8 Å². The Kier molecular flexibility index (Phi) is 10.2. The van der Waals surface area contributed by atoms with Crippen LogP contribution in [0.5, 0.6) is 0 Å². The first-order valence-electron chi connectivity index (χ1n) is 15.1. The summed E-state index contributed by atoms with van der Waals surface area (Å²) in [7, 11) is 0. The van der Waals surface area contributed by atoms with Crippen molar-refractivity contribution in [1.82, 2.24) is 15.2 Å². The van der Waals surface area contributed by atoms with E-state index < -0.39 is 35.8 Å². The zero-order valence-corrected chi connectivity index (χ0v) is 24.9. The fourth-order valence-corrected chi connectivity index (χ4v) is 5.83. The molecule has 234 valence electrons. The molecular weight excluding hydrogens is 572 g/mol. The van der Waals surface area contributed by atoms with Gasteiger partial charge in [-0.1, -0.05) is 72.8 Å². The number of guanidine groups is 1. The number of amides is 2. The lowest BCUT2D eigenvalue weighted by Gasteiger charge is -2.30. The first-order valence-corrected chi connectivity index (χ1v) is 15.1. The smallest absolute Gasteiger partial charge is 0.266 e. The van der Waals surface area contributed by atoms with Crippen LogP contribution in [0, 0.1) is 0 Å². The van der Waals surface area contributed by atoms with Gasteiger partial charge in [-0.15, -0.1) is 0 Å². The number of aromatic nitrogens is 1. The molecule has 1 aliphatic rings. The molecule has 11 nitrogen and oxygen atoms in total. The Morgan fingerprint density at radius 2 is 1.67 bits per heavy atom. The molecule has 2 heterocycles. The highest BCUT2D eigenvalue weighted by Crippen LogP contribution is 2.34. The van der Waals surface area contributed by atoms with Gasteiger partial charge in [0.25, 0.3) is 11.8 Å². The fraction of sp³-hybridized carbons (Fsp3) is 0.324. The maximum Gasteiger partial charge on any atom is 0.266 e. The fourth-order valence-electron chi connectivity index (χ4n) is 5.83. The molecule has 11 heteroatoms. The van der Waals surface area contributed by atoms with Gasteiger partial charge in [-0.3, -0.25) is 19.4 Å². The molecule has 0 aliphatic carbocycles. The average molecular weight is 611 g/mol. The number of oxazole rings is 1. The van der Waals surface area contributed by atoms with Crippen LogP contribution in [0.2, 0.25) is 0 Å². The van der Waals surface area contributed by atoms with Crippen molar-refractivity contribution >= 4 is 34.7 Å². The molecular formula is C34H38N6O5. The first-order chi connectivity index (χ1) is 21.8. The van der Waals surface area contributed by atoms with Gasteiger partial charge in [0, 0.05) is 19.0 Å². The van der Waals surface area contributed by atoms with E-state index >= 15 is 0 Å². The van der Waals surface area contributed by atoms with Crippen molar-refractivity contribution in [1.29, 1.82) is 0 Å². The second-order valence-corrected chi connectivity index (χ2v) is 11.2. The number of aliphatic imine (C=N–C) groups is 1. The minimum atomic E-state index is -1.29. The van der Waals surface area contributed by atoms with Gasteiger partial charge in [-0.2, -0.15) is 0 Å². The highest BCUT2D eigenvalue weighted by Gasteiger charge is 2.45. The Morgan fingerprint density at radius 1 is 0.978 bits per heavy atom. The van der Waals surface area contributed by atoms with Gasteiger partial charge in [0.2, 0.25) is 11.7 Å². The average Bonchev–Trinajstić information content (AvgIpc) is 3.70. The molecule has 1 saturated heterocycles. The SMILES string of the molecule is NC(N)=NCCC[C@H](NC(=O)[C@@H]1[C@@H](c2ccccc2)CCN1C(=O)[C@H](O)CCc1ccccc1)C(=O)c1nc2ccccc2o1. The van der Waals surface area contributed by atoms with Crippen molar-refractivity contribution in [2.75, 3.05) is 13.1 Å². The number of rotatable bonds is 13. The Bertz CT molecular complexity index is 1600. The third-order valence-corrected chi connectivity index (χ3v) is 8.09. The number of carbonyl (C=O) groups is 3. The van der Waals surface area contributed by atoms with E-state index in [4.69, 9.17) is 15.9 Å². The number of ketones is 1. The van der Waals surface area contributed by atoms with E-state index in [2.05, 4.69) is 15.3 Å². The molecule has 0 radical (unpaired) electrons. The standard InChI is InChI=1S/C34H38N6O5/c35-34(36)37-20-9-15-26(30(42)32-39-25-14-7-8-16-28(25)45-32)38-31(43)29-24(23-12-5-2-6-13-23)19-21-40(29)33(44)27(41)18-17-22-10-3-1-4-11-22/h1-8,10-14,16,24,26-27,29,41H,9,15,17-21H2,(H,38,43)(H4,35,36,37)/t24-,26+,27-,29+/m1/s1. The lowest BCUT2D eigenvalue weighted by molar-refractivity contribution is -0.145. The molecule has 45 heavy (non-hydrogen) atoms. The normalized spacial score (nSPS) is 17.5. The van der Waals surface area contributed by atoms with Crippen LogP contribution in [0.25, 0.3) is 11.1 Å². The lowest BCUT2D eigenvalue weighted by Crippen LogP contribution is -2.54. The number of aliphatic hydroxyl groups excluding tert-OH is 1. The predicted molar refractivity (Wildman–Crippen MR) is 170 cm³/mol.